The maximum absolute atomic E-state index is 11.4. The van der Waals surface area contributed by atoms with Crippen LogP contribution in [-0.4, -0.2) is 80.6 Å². The molecule has 1 amide bonds. The maximum Gasteiger partial charge on any atom is 0.219 e. The van der Waals surface area contributed by atoms with Gasteiger partial charge in [0.15, 0.2) is 5.96 Å². The SMILES string of the molecule is CCNC(=NCC(C)COCc1ccccc1)NCCN1CCN(C(C)=O)CC1. The van der Waals surface area contributed by atoms with Gasteiger partial charge in [0.2, 0.25) is 5.91 Å². The number of carbonyl (C=O) groups excluding carboxylic acids is 1. The second-order valence-electron chi connectivity index (χ2n) is 7.60. The smallest absolute Gasteiger partial charge is 0.219 e. The topological polar surface area (TPSA) is 69.2 Å². The molecule has 1 aromatic rings. The molecule has 1 aliphatic heterocycles. The van der Waals surface area contributed by atoms with Crippen molar-refractivity contribution in [1.82, 2.24) is 20.4 Å². The number of hydrogen-bond donors (Lipinski definition) is 2. The summed E-state index contributed by atoms with van der Waals surface area (Å²) in [6.07, 6.45) is 0. The summed E-state index contributed by atoms with van der Waals surface area (Å²) >= 11 is 0. The first-order valence-electron chi connectivity index (χ1n) is 10.7. The van der Waals surface area contributed by atoms with Crippen molar-refractivity contribution < 1.29 is 9.53 Å². The van der Waals surface area contributed by atoms with E-state index in [1.807, 2.05) is 23.1 Å². The Morgan fingerprint density at radius 2 is 1.90 bits per heavy atom. The predicted octanol–water partition coefficient (Wildman–Crippen LogP) is 1.56. The molecular weight excluding hydrogens is 366 g/mol. The van der Waals surface area contributed by atoms with Gasteiger partial charge in [-0.3, -0.25) is 14.7 Å². The van der Waals surface area contributed by atoms with Crippen LogP contribution in [0.1, 0.15) is 26.3 Å². The van der Waals surface area contributed by atoms with E-state index in [4.69, 9.17) is 9.73 Å². The van der Waals surface area contributed by atoms with Crippen molar-refractivity contribution in [3.63, 3.8) is 0 Å². The van der Waals surface area contributed by atoms with Crippen LogP contribution in [0, 0.1) is 5.92 Å². The third-order valence-corrected chi connectivity index (χ3v) is 4.96. The summed E-state index contributed by atoms with van der Waals surface area (Å²) in [4.78, 5) is 20.4. The molecule has 7 nitrogen and oxygen atoms in total. The minimum absolute atomic E-state index is 0.172. The highest BCUT2D eigenvalue weighted by atomic mass is 16.5. The maximum atomic E-state index is 11.4. The van der Waals surface area contributed by atoms with Gasteiger partial charge in [-0.05, 0) is 18.4 Å². The lowest BCUT2D eigenvalue weighted by Crippen LogP contribution is -2.50. The molecule has 1 heterocycles. The summed E-state index contributed by atoms with van der Waals surface area (Å²) in [6, 6.07) is 10.2. The van der Waals surface area contributed by atoms with Gasteiger partial charge in [-0.1, -0.05) is 37.3 Å². The Hall–Kier alpha value is -2.12. The van der Waals surface area contributed by atoms with E-state index in [-0.39, 0.29) is 5.91 Å². The third-order valence-electron chi connectivity index (χ3n) is 4.96. The van der Waals surface area contributed by atoms with E-state index in [2.05, 4.69) is 41.5 Å². The van der Waals surface area contributed by atoms with Crippen LogP contribution >= 0.6 is 0 Å². The number of benzene rings is 1. The van der Waals surface area contributed by atoms with Crippen LogP contribution in [0.3, 0.4) is 0 Å². The number of carbonyl (C=O) groups is 1. The zero-order chi connectivity index (χ0) is 20.9. The first-order chi connectivity index (χ1) is 14.1. The van der Waals surface area contributed by atoms with Crippen molar-refractivity contribution in [2.45, 2.75) is 27.4 Å². The van der Waals surface area contributed by atoms with E-state index < -0.39 is 0 Å². The van der Waals surface area contributed by atoms with Crippen molar-refractivity contribution in [2.75, 3.05) is 59.0 Å². The Balaban J connectivity index is 1.64. The van der Waals surface area contributed by atoms with Crippen LogP contribution < -0.4 is 10.6 Å². The molecular formula is C22H37N5O2. The average molecular weight is 404 g/mol. The van der Waals surface area contributed by atoms with Gasteiger partial charge >= 0.3 is 0 Å². The van der Waals surface area contributed by atoms with E-state index in [1.165, 1.54) is 5.56 Å². The molecule has 29 heavy (non-hydrogen) atoms. The van der Waals surface area contributed by atoms with Gasteiger partial charge in [-0.25, -0.2) is 0 Å². The van der Waals surface area contributed by atoms with Crippen LogP contribution in [0.15, 0.2) is 35.3 Å². The fourth-order valence-corrected chi connectivity index (χ4v) is 3.21. The minimum atomic E-state index is 0.172. The molecule has 162 valence electrons. The first-order valence-corrected chi connectivity index (χ1v) is 10.7. The molecule has 7 heteroatoms. The average Bonchev–Trinajstić information content (AvgIpc) is 2.73. The van der Waals surface area contributed by atoms with E-state index in [9.17, 15) is 4.79 Å². The van der Waals surface area contributed by atoms with Crippen LogP contribution in [0.25, 0.3) is 0 Å². The summed E-state index contributed by atoms with van der Waals surface area (Å²) in [7, 11) is 0. The summed E-state index contributed by atoms with van der Waals surface area (Å²) in [5, 5.41) is 6.72. The van der Waals surface area contributed by atoms with Gasteiger partial charge < -0.3 is 20.3 Å². The van der Waals surface area contributed by atoms with Gasteiger partial charge in [-0.15, -0.1) is 0 Å². The molecule has 0 saturated carbocycles. The van der Waals surface area contributed by atoms with E-state index in [0.29, 0.717) is 19.1 Å². The van der Waals surface area contributed by atoms with Crippen LogP contribution in [0.4, 0.5) is 0 Å². The van der Waals surface area contributed by atoms with E-state index in [0.717, 1.165) is 58.3 Å². The molecule has 1 aliphatic rings. The number of hydrogen-bond acceptors (Lipinski definition) is 4. The fraction of sp³-hybridized carbons (Fsp3) is 0.636. The number of guanidine groups is 1. The molecule has 1 fully saturated rings. The quantitative estimate of drug-likeness (QED) is 0.458. The number of nitrogens with zero attached hydrogens (tertiary/aromatic N) is 3. The molecule has 2 N–H and O–H groups in total. The molecule has 1 atom stereocenters. The lowest BCUT2D eigenvalue weighted by molar-refractivity contribution is -0.130. The lowest BCUT2D eigenvalue weighted by Gasteiger charge is -2.34. The molecule has 0 spiro atoms. The van der Waals surface area contributed by atoms with Gasteiger partial charge in [0.05, 0.1) is 13.2 Å². The third kappa shape index (κ3) is 9.28. The second-order valence-corrected chi connectivity index (χ2v) is 7.60. The summed E-state index contributed by atoms with van der Waals surface area (Å²) in [5.74, 6) is 1.38. The van der Waals surface area contributed by atoms with Crippen LogP contribution in [0.2, 0.25) is 0 Å². The number of ether oxygens (including phenoxy) is 1. The van der Waals surface area contributed by atoms with Crippen molar-refractivity contribution in [2.24, 2.45) is 10.9 Å². The molecule has 1 aromatic carbocycles. The highest BCUT2D eigenvalue weighted by molar-refractivity contribution is 5.79. The Kier molecular flexibility index (Phi) is 10.5. The molecule has 0 aromatic heterocycles. The first kappa shape index (κ1) is 23.2. The second kappa shape index (κ2) is 13.2. The molecule has 2 rings (SSSR count). The van der Waals surface area contributed by atoms with Crippen molar-refractivity contribution in [3.8, 4) is 0 Å². The van der Waals surface area contributed by atoms with Gasteiger partial charge in [0.1, 0.15) is 0 Å². The molecule has 0 aliphatic carbocycles. The van der Waals surface area contributed by atoms with E-state index >= 15 is 0 Å². The Morgan fingerprint density at radius 1 is 1.17 bits per heavy atom. The Labute approximate surface area is 175 Å². The largest absolute Gasteiger partial charge is 0.376 e. The van der Waals surface area contributed by atoms with Crippen LogP contribution in [0.5, 0.6) is 0 Å². The normalized spacial score (nSPS) is 16.5. The molecule has 1 unspecified atom stereocenters. The molecule has 0 bridgehead atoms. The van der Waals surface area contributed by atoms with Crippen molar-refractivity contribution in [3.05, 3.63) is 35.9 Å². The number of nitrogens with one attached hydrogen (secondary N) is 2. The standard InChI is InChI=1S/C22H37N5O2/c1-4-23-22(24-10-11-26-12-14-27(15-13-26)20(3)28)25-16-19(2)17-29-18-21-8-6-5-7-9-21/h5-9,19H,4,10-18H2,1-3H3,(H2,23,24,25). The zero-order valence-corrected chi connectivity index (χ0v) is 18.2. The van der Waals surface area contributed by atoms with Gasteiger partial charge in [-0.2, -0.15) is 0 Å². The minimum Gasteiger partial charge on any atom is -0.376 e. The monoisotopic (exact) mass is 403 g/mol. The van der Waals surface area contributed by atoms with Gasteiger partial charge in [0, 0.05) is 59.3 Å². The number of aliphatic imine (C=N–C) groups is 1. The zero-order valence-electron chi connectivity index (χ0n) is 18.2. The van der Waals surface area contributed by atoms with Crippen LogP contribution in [-0.2, 0) is 16.1 Å². The number of rotatable bonds is 10. The Morgan fingerprint density at radius 3 is 2.55 bits per heavy atom. The highest BCUT2D eigenvalue weighted by Crippen LogP contribution is 2.04. The van der Waals surface area contributed by atoms with E-state index in [1.54, 1.807) is 6.92 Å². The predicted molar refractivity (Wildman–Crippen MR) is 118 cm³/mol. The van der Waals surface area contributed by atoms with Crippen molar-refractivity contribution in [1.29, 1.82) is 0 Å². The highest BCUT2D eigenvalue weighted by Gasteiger charge is 2.17. The summed E-state index contributed by atoms with van der Waals surface area (Å²) in [6.45, 7) is 14.1. The lowest BCUT2D eigenvalue weighted by atomic mass is 10.2. The van der Waals surface area contributed by atoms with Gasteiger partial charge in [0.25, 0.3) is 0 Å². The molecule has 0 radical (unpaired) electrons. The summed E-state index contributed by atoms with van der Waals surface area (Å²) in [5.41, 5.74) is 1.20. The summed E-state index contributed by atoms with van der Waals surface area (Å²) < 4.78 is 5.81. The number of amides is 1. The fourth-order valence-electron chi connectivity index (χ4n) is 3.21. The number of piperazine rings is 1. The Bertz CT molecular complexity index is 615. The molecule has 1 saturated heterocycles. The van der Waals surface area contributed by atoms with Crippen molar-refractivity contribution >= 4 is 11.9 Å².